The molecule has 5 aliphatic carbocycles. The Morgan fingerprint density at radius 2 is 1.19 bits per heavy atom. The van der Waals surface area contributed by atoms with Crippen molar-refractivity contribution in [1.82, 2.24) is 0 Å². The molecule has 0 aromatic carbocycles. The van der Waals surface area contributed by atoms with Crippen molar-refractivity contribution in [3.63, 3.8) is 0 Å². The Morgan fingerprint density at radius 1 is 0.650 bits per heavy atom. The molecule has 0 spiro atoms. The Hall–Kier alpha value is -1.91. The van der Waals surface area contributed by atoms with Crippen molar-refractivity contribution in [3.05, 3.63) is 34.9 Å². The molecule has 23 heteroatoms. The monoisotopic (exact) mass is 1210 g/mol. The predicted molar refractivity (Wildman–Crippen MR) is 275 cm³/mol. The predicted octanol–water partition coefficient (Wildman–Crippen LogP) is 1.29. The second kappa shape index (κ2) is 24.1. The van der Waals surface area contributed by atoms with Gasteiger partial charge in [0.2, 0.25) is 0 Å². The minimum atomic E-state index is -2.10. The summed E-state index contributed by atoms with van der Waals surface area (Å²) in [4.78, 5) is 40.3. The fraction of sp³-hybridized carbons (Fsp3) is 0.842. The minimum absolute atomic E-state index is 0. The molecular weight excluding hydrogens is 1130 g/mol. The Bertz CT molecular complexity index is 2360. The third kappa shape index (κ3) is 10.6. The van der Waals surface area contributed by atoms with Gasteiger partial charge in [-0.1, -0.05) is 72.3 Å². The molecule has 8 unspecified atom stereocenters. The van der Waals surface area contributed by atoms with Crippen LogP contribution >= 0.6 is 0 Å². The smallest absolute Gasteiger partial charge is 0.335 e. The van der Waals surface area contributed by atoms with Gasteiger partial charge in [0.25, 0.3) is 0 Å². The van der Waals surface area contributed by atoms with Crippen molar-refractivity contribution in [2.45, 2.75) is 232 Å². The molecule has 3 heterocycles. The van der Waals surface area contributed by atoms with Crippen LogP contribution in [0.5, 0.6) is 0 Å². The number of ether oxygens (including phenoxy) is 8. The SMILES string of the molecule is C/C=C(/C)C(=O)O[C@H]1[C@H](OC(=O)/C(C)=C\C)[C@@]2(CO)C(CC1(C)C)C1=CCC3[C@@]4(C)CC[C@H](O[C@@H]5OC(C(=O)O)[C@@H](O)[C@@H](O[C@@H]6O[C@@H](CO)[C@@H](O)C6O)C5O[C@@H]5OC(CO)[C@H](O)[C@@H](O)C5O)C(C)(C)C4CC[C@@]3(C)[C@]1(C)C[C@H]2O.[Y]. The standard InChI is InChI=1S/C57H88O22.Y/c1-12-25(3)47(70)78-44-45(79-48(71)26(4)13-2)57(24-60)28(20-52(44,5)6)27-14-15-32-54(9)18-17-34(53(7,8)31(54)16-19-55(32,10)56(27,11)21-33(57)61)74-51-43(77-50-39(66)37(64)35(62)29(22-58)72-50)41(40(67)42(76-51)46(68)69)75-49-38(65)36(63)30(23-59)73-49;/h12-14,28-45,49-51,58-67H,15-24H2,1-11H3,(H,68,69);/b25-12-,26-13-;/t28?,29?,30-,31?,32?,33+,34-,35-,36+,37+,38?,39?,40-,41+,42?,43?,44-,45-,49-,50-,51+,54-,55+,56+,57-;/m0./s1. The minimum Gasteiger partial charge on any atom is -0.479 e. The van der Waals surface area contributed by atoms with Crippen LogP contribution in [0.25, 0.3) is 0 Å². The van der Waals surface area contributed by atoms with Gasteiger partial charge in [0, 0.05) is 49.3 Å². The number of carboxylic acids is 1. The first-order valence-corrected chi connectivity index (χ1v) is 28.0. The molecule has 0 aromatic heterocycles. The van der Waals surface area contributed by atoms with E-state index < -0.39 is 181 Å². The van der Waals surface area contributed by atoms with Gasteiger partial charge in [-0.3, -0.25) is 0 Å². The first kappa shape index (κ1) is 65.6. The summed E-state index contributed by atoms with van der Waals surface area (Å²) in [5, 5.41) is 121. The Morgan fingerprint density at radius 3 is 1.73 bits per heavy atom. The molecule has 0 aromatic rings. The van der Waals surface area contributed by atoms with Crippen LogP contribution < -0.4 is 0 Å². The van der Waals surface area contributed by atoms with E-state index in [2.05, 4.69) is 40.7 Å². The van der Waals surface area contributed by atoms with E-state index >= 15 is 0 Å². The molecular formula is C57H88O22Y. The largest absolute Gasteiger partial charge is 0.479 e. The number of aliphatic hydroxyl groups excluding tert-OH is 10. The number of esters is 2. The number of carboxylic acid groups (broad SMARTS) is 1. The van der Waals surface area contributed by atoms with Gasteiger partial charge in [0.1, 0.15) is 67.1 Å². The van der Waals surface area contributed by atoms with Crippen molar-refractivity contribution in [2.75, 3.05) is 19.8 Å². The summed E-state index contributed by atoms with van der Waals surface area (Å²) in [5.41, 5.74) is -2.71. The number of carbonyl (C=O) groups excluding carboxylic acids is 2. The maximum absolute atomic E-state index is 13.8. The average molecular weight is 1210 g/mol. The van der Waals surface area contributed by atoms with Crippen LogP contribution in [-0.4, -0.2) is 204 Å². The number of rotatable bonds is 14. The summed E-state index contributed by atoms with van der Waals surface area (Å²) in [6.45, 7) is 19.4. The average Bonchev–Trinajstić information content (AvgIpc) is 3.04. The molecule has 80 heavy (non-hydrogen) atoms. The van der Waals surface area contributed by atoms with Crippen LogP contribution in [0.15, 0.2) is 34.9 Å². The van der Waals surface area contributed by atoms with Crippen molar-refractivity contribution < 1.29 is 141 Å². The van der Waals surface area contributed by atoms with Gasteiger partial charge in [-0.15, -0.1) is 0 Å². The zero-order chi connectivity index (χ0) is 58.4. The van der Waals surface area contributed by atoms with Gasteiger partial charge in [-0.2, -0.15) is 0 Å². The van der Waals surface area contributed by atoms with E-state index in [1.165, 1.54) is 0 Å². The Kier molecular flexibility index (Phi) is 19.8. The molecule has 451 valence electrons. The van der Waals surface area contributed by atoms with Gasteiger partial charge in [0.05, 0.1) is 37.4 Å². The van der Waals surface area contributed by atoms with Crippen LogP contribution in [0.1, 0.15) is 121 Å². The van der Waals surface area contributed by atoms with Crippen molar-refractivity contribution in [1.29, 1.82) is 0 Å². The Labute approximate surface area is 493 Å². The molecule has 1 radical (unpaired) electrons. The summed E-state index contributed by atoms with van der Waals surface area (Å²) in [5.74, 6) is -3.40. The van der Waals surface area contributed by atoms with Gasteiger partial charge in [-0.05, 0) is 112 Å². The summed E-state index contributed by atoms with van der Waals surface area (Å²) in [7, 11) is 0. The van der Waals surface area contributed by atoms with Gasteiger partial charge in [-0.25, -0.2) is 14.4 Å². The van der Waals surface area contributed by atoms with Gasteiger partial charge in [0.15, 0.2) is 31.1 Å². The first-order valence-electron chi connectivity index (χ1n) is 28.0. The third-order valence-corrected chi connectivity index (χ3v) is 21.3. The fourth-order valence-corrected chi connectivity index (χ4v) is 16.2. The quantitative estimate of drug-likeness (QED) is 0.0505. The fourth-order valence-electron chi connectivity index (χ4n) is 16.2. The van der Waals surface area contributed by atoms with Gasteiger partial charge >= 0.3 is 17.9 Å². The molecule has 3 saturated heterocycles. The molecule has 0 bridgehead atoms. The number of aliphatic carboxylic acids is 1. The molecule has 8 rings (SSSR count). The van der Waals surface area contributed by atoms with Crippen molar-refractivity contribution in [2.24, 2.45) is 50.2 Å². The molecule has 4 saturated carbocycles. The summed E-state index contributed by atoms with van der Waals surface area (Å²) >= 11 is 0. The van der Waals surface area contributed by atoms with E-state index in [4.69, 9.17) is 37.9 Å². The zero-order valence-electron chi connectivity index (χ0n) is 47.9. The van der Waals surface area contributed by atoms with E-state index in [1.54, 1.807) is 39.8 Å². The first-order chi connectivity index (χ1) is 36.9. The summed E-state index contributed by atoms with van der Waals surface area (Å²) in [6, 6.07) is 0. The molecule has 7 fully saturated rings. The van der Waals surface area contributed by atoms with E-state index in [9.17, 15) is 70.6 Å². The number of fused-ring (bicyclic) bond motifs is 7. The third-order valence-electron chi connectivity index (χ3n) is 21.3. The molecule has 22 nitrogen and oxygen atoms in total. The molecule has 8 aliphatic rings. The van der Waals surface area contributed by atoms with E-state index in [-0.39, 0.29) is 56.4 Å². The molecule has 3 aliphatic heterocycles. The maximum Gasteiger partial charge on any atom is 0.335 e. The maximum atomic E-state index is 13.8. The normalized spacial score (nSPS) is 48.0. The van der Waals surface area contributed by atoms with E-state index in [0.717, 1.165) is 5.57 Å². The zero-order valence-corrected chi connectivity index (χ0v) is 50.8. The van der Waals surface area contributed by atoms with E-state index in [0.29, 0.717) is 49.7 Å². The van der Waals surface area contributed by atoms with Crippen LogP contribution in [0.4, 0.5) is 0 Å². The summed E-state index contributed by atoms with van der Waals surface area (Å²) in [6.07, 6.45) is -20.2. The van der Waals surface area contributed by atoms with E-state index in [1.807, 2.05) is 13.8 Å². The second-order valence-electron chi connectivity index (χ2n) is 26.0. The van der Waals surface area contributed by atoms with Gasteiger partial charge < -0.3 is 94.1 Å². The molecule has 0 amide bonds. The van der Waals surface area contributed by atoms with Crippen LogP contribution in [0.3, 0.4) is 0 Å². The number of aliphatic hydroxyl groups is 10. The second-order valence-corrected chi connectivity index (χ2v) is 26.0. The number of hydrogen-bond donors (Lipinski definition) is 11. The van der Waals surface area contributed by atoms with Crippen molar-refractivity contribution in [3.8, 4) is 0 Å². The number of hydrogen-bond acceptors (Lipinski definition) is 21. The molecule has 11 N–H and O–H groups in total. The number of carbonyl (C=O) groups is 3. The van der Waals surface area contributed by atoms with Crippen LogP contribution in [0.2, 0.25) is 0 Å². The Balaban J connectivity index is 0.00000924. The summed E-state index contributed by atoms with van der Waals surface area (Å²) < 4.78 is 49.2. The topological polar surface area (TPSA) is 348 Å². The van der Waals surface area contributed by atoms with Crippen molar-refractivity contribution >= 4 is 17.9 Å². The van der Waals surface area contributed by atoms with Crippen LogP contribution in [0, 0.1) is 50.2 Å². The number of allylic oxidation sites excluding steroid dienone is 4. The molecule has 25 atom stereocenters. The van der Waals surface area contributed by atoms with Crippen LogP contribution in [-0.2, 0) is 85.0 Å².